The molecule has 0 bridgehead atoms. The molecule has 66 valence electrons. The van der Waals surface area contributed by atoms with Gasteiger partial charge in [-0.25, -0.2) is 0 Å². The van der Waals surface area contributed by atoms with E-state index in [-0.39, 0.29) is 0 Å². The lowest BCUT2D eigenvalue weighted by Gasteiger charge is -2.16. The fraction of sp³-hybridized carbons (Fsp3) is 0.0909. The summed E-state index contributed by atoms with van der Waals surface area (Å²) in [6.07, 6.45) is 4.09. The monoisotopic (exact) mass is 189 g/mol. The van der Waals surface area contributed by atoms with Crippen LogP contribution in [0.3, 0.4) is 0 Å². The average molecular weight is 189 g/mol. The first-order valence-corrected chi connectivity index (χ1v) is 4.76. The standard InChI is InChI=1S/C11H11NS/c13-6-5-11-7-9-3-1-2-4-10(9)8-12-11/h1-7,12-13H,8H2/b6-5+. The Hall–Kier alpha value is -1.15. The number of allylic oxidation sites excluding steroid dienone is 1. The zero-order valence-electron chi connectivity index (χ0n) is 7.20. The maximum Gasteiger partial charge on any atom is 0.0406 e. The molecule has 2 heteroatoms. The third-order valence-electron chi connectivity index (χ3n) is 2.10. The maximum atomic E-state index is 4.04. The fourth-order valence-corrected chi connectivity index (χ4v) is 1.60. The number of hydrogen-bond acceptors (Lipinski definition) is 2. The van der Waals surface area contributed by atoms with Crippen LogP contribution in [0.1, 0.15) is 11.1 Å². The molecule has 0 amide bonds. The lowest BCUT2D eigenvalue weighted by atomic mass is 10.0. The highest BCUT2D eigenvalue weighted by molar-refractivity contribution is 7.83. The first-order chi connectivity index (χ1) is 6.40. The topological polar surface area (TPSA) is 12.0 Å². The van der Waals surface area contributed by atoms with Gasteiger partial charge in [0.25, 0.3) is 0 Å². The first kappa shape index (κ1) is 8.45. The predicted octanol–water partition coefficient (Wildman–Crippen LogP) is 2.57. The van der Waals surface area contributed by atoms with E-state index >= 15 is 0 Å². The fourth-order valence-electron chi connectivity index (χ4n) is 1.44. The normalized spacial score (nSPS) is 15.0. The van der Waals surface area contributed by atoms with E-state index in [2.05, 4.69) is 48.3 Å². The average Bonchev–Trinajstić information content (AvgIpc) is 2.18. The van der Waals surface area contributed by atoms with Crippen molar-refractivity contribution in [1.82, 2.24) is 5.32 Å². The number of benzene rings is 1. The second-order valence-electron chi connectivity index (χ2n) is 2.97. The van der Waals surface area contributed by atoms with Crippen LogP contribution < -0.4 is 5.32 Å². The van der Waals surface area contributed by atoms with E-state index < -0.39 is 0 Å². The van der Waals surface area contributed by atoms with Gasteiger partial charge in [-0.05, 0) is 28.7 Å². The Bertz CT molecular complexity index is 366. The Kier molecular flexibility index (Phi) is 2.41. The van der Waals surface area contributed by atoms with E-state index in [0.717, 1.165) is 12.2 Å². The molecule has 0 unspecified atom stereocenters. The zero-order chi connectivity index (χ0) is 9.10. The van der Waals surface area contributed by atoms with Crippen LogP contribution >= 0.6 is 12.6 Å². The number of fused-ring (bicyclic) bond motifs is 1. The molecule has 0 fully saturated rings. The van der Waals surface area contributed by atoms with E-state index in [1.807, 2.05) is 6.08 Å². The largest absolute Gasteiger partial charge is 0.381 e. The maximum absolute atomic E-state index is 4.04. The molecule has 0 aromatic heterocycles. The Labute approximate surface area is 83.6 Å². The molecule has 0 aliphatic carbocycles. The summed E-state index contributed by atoms with van der Waals surface area (Å²) >= 11 is 4.04. The lowest BCUT2D eigenvalue weighted by molar-refractivity contribution is 0.823. The van der Waals surface area contributed by atoms with Crippen molar-refractivity contribution in [3.8, 4) is 0 Å². The van der Waals surface area contributed by atoms with Crippen LogP contribution in [0.4, 0.5) is 0 Å². The van der Waals surface area contributed by atoms with Crippen molar-refractivity contribution in [2.45, 2.75) is 6.54 Å². The molecule has 1 N–H and O–H groups in total. The number of rotatable bonds is 1. The van der Waals surface area contributed by atoms with Gasteiger partial charge in [0.05, 0.1) is 0 Å². The minimum atomic E-state index is 0.903. The Morgan fingerprint density at radius 2 is 2.15 bits per heavy atom. The van der Waals surface area contributed by atoms with Gasteiger partial charge in [-0.3, -0.25) is 0 Å². The van der Waals surface area contributed by atoms with Crippen molar-refractivity contribution in [2.75, 3.05) is 0 Å². The molecule has 0 saturated carbocycles. The summed E-state index contributed by atoms with van der Waals surface area (Å²) in [5.41, 5.74) is 3.76. The molecule has 1 aliphatic heterocycles. The Morgan fingerprint density at radius 3 is 3.00 bits per heavy atom. The highest BCUT2D eigenvalue weighted by Gasteiger charge is 2.05. The number of hydrogen-bond donors (Lipinski definition) is 2. The quantitative estimate of drug-likeness (QED) is 0.647. The van der Waals surface area contributed by atoms with Crippen LogP contribution in [0.5, 0.6) is 0 Å². The van der Waals surface area contributed by atoms with Gasteiger partial charge in [-0.1, -0.05) is 24.3 Å². The molecule has 2 rings (SSSR count). The van der Waals surface area contributed by atoms with Gasteiger partial charge in [-0.2, -0.15) is 12.6 Å². The number of nitrogens with one attached hydrogen (secondary N) is 1. The van der Waals surface area contributed by atoms with Crippen LogP contribution in [0.15, 0.2) is 41.4 Å². The lowest BCUT2D eigenvalue weighted by Crippen LogP contribution is -2.15. The van der Waals surface area contributed by atoms with Crippen LogP contribution in [-0.2, 0) is 6.54 Å². The van der Waals surface area contributed by atoms with Crippen molar-refractivity contribution in [3.63, 3.8) is 0 Å². The van der Waals surface area contributed by atoms with Gasteiger partial charge >= 0.3 is 0 Å². The van der Waals surface area contributed by atoms with Crippen LogP contribution in [0.2, 0.25) is 0 Å². The zero-order valence-corrected chi connectivity index (χ0v) is 8.09. The first-order valence-electron chi connectivity index (χ1n) is 4.24. The molecule has 13 heavy (non-hydrogen) atoms. The third-order valence-corrected chi connectivity index (χ3v) is 2.25. The summed E-state index contributed by atoms with van der Waals surface area (Å²) in [5, 5.41) is 5.04. The minimum absolute atomic E-state index is 0.903. The molecule has 1 aromatic rings. The summed E-state index contributed by atoms with van der Waals surface area (Å²) in [6, 6.07) is 8.39. The van der Waals surface area contributed by atoms with Crippen LogP contribution in [0, 0.1) is 0 Å². The van der Waals surface area contributed by atoms with E-state index in [1.54, 1.807) is 5.41 Å². The summed E-state index contributed by atoms with van der Waals surface area (Å²) in [5.74, 6) is 0. The minimum Gasteiger partial charge on any atom is -0.381 e. The highest BCUT2D eigenvalue weighted by atomic mass is 32.1. The molecule has 1 aromatic carbocycles. The molecule has 1 heterocycles. The summed E-state index contributed by atoms with van der Waals surface area (Å²) < 4.78 is 0. The second kappa shape index (κ2) is 3.71. The highest BCUT2D eigenvalue weighted by Crippen LogP contribution is 2.17. The van der Waals surface area contributed by atoms with Crippen molar-refractivity contribution >= 4 is 18.7 Å². The van der Waals surface area contributed by atoms with Crippen molar-refractivity contribution in [1.29, 1.82) is 0 Å². The van der Waals surface area contributed by atoms with Gasteiger partial charge in [-0.15, -0.1) is 0 Å². The summed E-state index contributed by atoms with van der Waals surface area (Å²) in [6.45, 7) is 0.903. The van der Waals surface area contributed by atoms with Gasteiger partial charge in [0, 0.05) is 12.2 Å². The van der Waals surface area contributed by atoms with Crippen molar-refractivity contribution in [3.05, 3.63) is 52.6 Å². The molecule has 0 spiro atoms. The predicted molar refractivity (Wildman–Crippen MR) is 59.4 cm³/mol. The third kappa shape index (κ3) is 1.78. The second-order valence-corrected chi connectivity index (χ2v) is 3.27. The van der Waals surface area contributed by atoms with Crippen molar-refractivity contribution in [2.24, 2.45) is 0 Å². The molecular weight excluding hydrogens is 178 g/mol. The Morgan fingerprint density at radius 1 is 1.31 bits per heavy atom. The van der Waals surface area contributed by atoms with Gasteiger partial charge < -0.3 is 5.32 Å². The van der Waals surface area contributed by atoms with E-state index in [1.165, 1.54) is 11.1 Å². The molecular formula is C11H11NS. The number of thiol groups is 1. The Balaban J connectivity index is 2.38. The summed E-state index contributed by atoms with van der Waals surface area (Å²) in [7, 11) is 0. The van der Waals surface area contributed by atoms with Gasteiger partial charge in [0.2, 0.25) is 0 Å². The molecule has 0 saturated heterocycles. The molecule has 1 nitrogen and oxygen atoms in total. The van der Waals surface area contributed by atoms with E-state index in [9.17, 15) is 0 Å². The van der Waals surface area contributed by atoms with E-state index in [4.69, 9.17) is 0 Å². The summed E-state index contributed by atoms with van der Waals surface area (Å²) in [4.78, 5) is 0. The van der Waals surface area contributed by atoms with Gasteiger partial charge in [0.1, 0.15) is 0 Å². The van der Waals surface area contributed by atoms with Crippen LogP contribution in [-0.4, -0.2) is 0 Å². The molecule has 1 aliphatic rings. The van der Waals surface area contributed by atoms with Crippen molar-refractivity contribution < 1.29 is 0 Å². The SMILES string of the molecule is S/C=C/C1=Cc2ccccc2CN1. The molecule has 0 atom stereocenters. The molecule has 0 radical (unpaired) electrons. The smallest absolute Gasteiger partial charge is 0.0406 e. The van der Waals surface area contributed by atoms with Crippen LogP contribution in [0.25, 0.3) is 6.08 Å². The van der Waals surface area contributed by atoms with E-state index in [0.29, 0.717) is 0 Å². The van der Waals surface area contributed by atoms with Gasteiger partial charge in [0.15, 0.2) is 0 Å².